The minimum atomic E-state index is 0.0174. The van der Waals surface area contributed by atoms with Crippen LogP contribution < -0.4 is 10.6 Å². The fraction of sp³-hybridized carbons (Fsp3) is 0.571. The molecular formula is C14H19N3O. The highest BCUT2D eigenvalue weighted by Crippen LogP contribution is 2.32. The summed E-state index contributed by atoms with van der Waals surface area (Å²) >= 11 is 0. The van der Waals surface area contributed by atoms with Crippen molar-refractivity contribution in [3.05, 3.63) is 29.6 Å². The number of nitrogens with zero attached hydrogens (tertiary/aromatic N) is 1. The molecule has 0 radical (unpaired) electrons. The lowest BCUT2D eigenvalue weighted by Gasteiger charge is -2.19. The van der Waals surface area contributed by atoms with Crippen molar-refractivity contribution in [3.8, 4) is 0 Å². The minimum Gasteiger partial charge on any atom is -0.349 e. The number of hydrogen-bond acceptors (Lipinski definition) is 3. The zero-order chi connectivity index (χ0) is 12.5. The highest BCUT2D eigenvalue weighted by molar-refractivity contribution is 5.94. The summed E-state index contributed by atoms with van der Waals surface area (Å²) < 4.78 is 0. The summed E-state index contributed by atoms with van der Waals surface area (Å²) in [6.07, 6.45) is 6.86. The first-order valence-electron chi connectivity index (χ1n) is 6.70. The molecule has 1 aromatic rings. The second-order valence-electron chi connectivity index (χ2n) is 5.42. The van der Waals surface area contributed by atoms with E-state index in [2.05, 4.69) is 15.6 Å². The molecule has 1 aliphatic carbocycles. The van der Waals surface area contributed by atoms with Crippen LogP contribution in [0.5, 0.6) is 0 Å². The number of pyridine rings is 1. The summed E-state index contributed by atoms with van der Waals surface area (Å²) in [6.45, 7) is 3.05. The standard InChI is InChI=1S/C14H19N3O/c1-9-6-10(8-15-7-9)14(18)17-13-3-2-12-11(13)4-5-16-12/h6-8,11-13,16H,2-5H2,1H3,(H,17,18). The first-order chi connectivity index (χ1) is 8.74. The lowest BCUT2D eigenvalue weighted by molar-refractivity contribution is 0.0927. The summed E-state index contributed by atoms with van der Waals surface area (Å²) in [6, 6.07) is 2.84. The lowest BCUT2D eigenvalue weighted by Crippen LogP contribution is -2.39. The molecule has 1 saturated heterocycles. The second kappa shape index (κ2) is 4.69. The van der Waals surface area contributed by atoms with Crippen LogP contribution in [0.3, 0.4) is 0 Å². The van der Waals surface area contributed by atoms with Crippen molar-refractivity contribution in [2.45, 2.75) is 38.3 Å². The molecule has 1 aliphatic heterocycles. The molecule has 96 valence electrons. The topological polar surface area (TPSA) is 54.0 Å². The largest absolute Gasteiger partial charge is 0.349 e. The SMILES string of the molecule is Cc1cncc(C(=O)NC2CCC3NCCC32)c1. The Hall–Kier alpha value is -1.42. The van der Waals surface area contributed by atoms with Crippen LogP contribution in [-0.2, 0) is 0 Å². The van der Waals surface area contributed by atoms with Gasteiger partial charge in [0, 0.05) is 24.5 Å². The Morgan fingerprint density at radius 2 is 2.28 bits per heavy atom. The summed E-state index contributed by atoms with van der Waals surface area (Å²) in [5.74, 6) is 0.635. The van der Waals surface area contributed by atoms with Gasteiger partial charge in [-0.2, -0.15) is 0 Å². The van der Waals surface area contributed by atoms with E-state index < -0.39 is 0 Å². The fourth-order valence-electron chi connectivity index (χ4n) is 3.27. The van der Waals surface area contributed by atoms with Crippen LogP contribution >= 0.6 is 0 Å². The maximum Gasteiger partial charge on any atom is 0.253 e. The smallest absolute Gasteiger partial charge is 0.253 e. The number of aryl methyl sites for hydroxylation is 1. The number of carbonyl (C=O) groups excluding carboxylic acids is 1. The Bertz CT molecular complexity index is 460. The third kappa shape index (κ3) is 2.12. The number of fused-ring (bicyclic) bond motifs is 1. The number of carbonyl (C=O) groups is 1. The van der Waals surface area contributed by atoms with Crippen LogP contribution in [-0.4, -0.2) is 29.5 Å². The Labute approximate surface area is 107 Å². The molecular weight excluding hydrogens is 226 g/mol. The summed E-state index contributed by atoms with van der Waals surface area (Å²) in [5, 5.41) is 6.68. The lowest BCUT2D eigenvalue weighted by atomic mass is 10.00. The van der Waals surface area contributed by atoms with Gasteiger partial charge in [0.05, 0.1) is 5.56 Å². The van der Waals surface area contributed by atoms with Crippen molar-refractivity contribution in [2.24, 2.45) is 5.92 Å². The summed E-state index contributed by atoms with van der Waals surface area (Å²) in [4.78, 5) is 16.2. The van der Waals surface area contributed by atoms with E-state index in [0.717, 1.165) is 18.5 Å². The van der Waals surface area contributed by atoms with E-state index in [0.29, 0.717) is 23.6 Å². The van der Waals surface area contributed by atoms with Gasteiger partial charge in [-0.15, -0.1) is 0 Å². The third-order valence-electron chi connectivity index (χ3n) is 4.16. The minimum absolute atomic E-state index is 0.0174. The average molecular weight is 245 g/mol. The number of hydrogen-bond donors (Lipinski definition) is 2. The van der Waals surface area contributed by atoms with Gasteiger partial charge in [-0.05, 0) is 50.3 Å². The van der Waals surface area contributed by atoms with E-state index in [1.54, 1.807) is 12.4 Å². The van der Waals surface area contributed by atoms with Crippen molar-refractivity contribution in [1.82, 2.24) is 15.6 Å². The van der Waals surface area contributed by atoms with Crippen LogP contribution in [0.15, 0.2) is 18.5 Å². The normalized spacial score (nSPS) is 30.2. The molecule has 1 amide bonds. The van der Waals surface area contributed by atoms with Gasteiger partial charge in [-0.1, -0.05) is 0 Å². The first kappa shape index (κ1) is 11.7. The van der Waals surface area contributed by atoms with Gasteiger partial charge in [0.15, 0.2) is 0 Å². The third-order valence-corrected chi connectivity index (χ3v) is 4.16. The monoisotopic (exact) mass is 245 g/mol. The predicted octanol–water partition coefficient (Wildman–Crippen LogP) is 1.26. The van der Waals surface area contributed by atoms with Crippen LogP contribution in [0.2, 0.25) is 0 Å². The molecule has 3 atom stereocenters. The van der Waals surface area contributed by atoms with Crippen LogP contribution in [0, 0.1) is 12.8 Å². The molecule has 1 saturated carbocycles. The molecule has 2 fully saturated rings. The predicted molar refractivity (Wildman–Crippen MR) is 69.4 cm³/mol. The summed E-state index contributed by atoms with van der Waals surface area (Å²) in [5.41, 5.74) is 1.69. The van der Waals surface area contributed by atoms with E-state index in [-0.39, 0.29) is 5.91 Å². The molecule has 3 rings (SSSR count). The van der Waals surface area contributed by atoms with Gasteiger partial charge in [-0.25, -0.2) is 0 Å². The summed E-state index contributed by atoms with van der Waals surface area (Å²) in [7, 11) is 0. The van der Waals surface area contributed by atoms with Crippen molar-refractivity contribution >= 4 is 5.91 Å². The Balaban J connectivity index is 1.68. The van der Waals surface area contributed by atoms with Crippen LogP contribution in [0.1, 0.15) is 35.2 Å². The van der Waals surface area contributed by atoms with Gasteiger partial charge in [-0.3, -0.25) is 9.78 Å². The number of aromatic nitrogens is 1. The van der Waals surface area contributed by atoms with Gasteiger partial charge in [0.1, 0.15) is 0 Å². The van der Waals surface area contributed by atoms with Gasteiger partial charge in [0.25, 0.3) is 5.91 Å². The Morgan fingerprint density at radius 3 is 3.11 bits per heavy atom. The maximum absolute atomic E-state index is 12.2. The first-order valence-corrected chi connectivity index (χ1v) is 6.70. The van der Waals surface area contributed by atoms with Crippen molar-refractivity contribution in [3.63, 3.8) is 0 Å². The fourth-order valence-corrected chi connectivity index (χ4v) is 3.27. The molecule has 1 aromatic heterocycles. The zero-order valence-electron chi connectivity index (χ0n) is 10.6. The van der Waals surface area contributed by atoms with Gasteiger partial charge in [0.2, 0.25) is 0 Å². The number of rotatable bonds is 2. The van der Waals surface area contributed by atoms with Gasteiger partial charge < -0.3 is 10.6 Å². The van der Waals surface area contributed by atoms with Crippen molar-refractivity contribution < 1.29 is 4.79 Å². The van der Waals surface area contributed by atoms with Crippen molar-refractivity contribution in [2.75, 3.05) is 6.54 Å². The highest BCUT2D eigenvalue weighted by atomic mass is 16.1. The van der Waals surface area contributed by atoms with Crippen molar-refractivity contribution in [1.29, 1.82) is 0 Å². The van der Waals surface area contributed by atoms with E-state index in [1.807, 2.05) is 13.0 Å². The molecule has 0 spiro atoms. The molecule has 4 heteroatoms. The molecule has 0 bridgehead atoms. The quantitative estimate of drug-likeness (QED) is 0.824. The second-order valence-corrected chi connectivity index (χ2v) is 5.42. The molecule has 18 heavy (non-hydrogen) atoms. The Kier molecular flexibility index (Phi) is 3.04. The number of nitrogens with one attached hydrogen (secondary N) is 2. The van der Waals surface area contributed by atoms with E-state index in [4.69, 9.17) is 0 Å². The molecule has 2 heterocycles. The van der Waals surface area contributed by atoms with Gasteiger partial charge >= 0.3 is 0 Å². The zero-order valence-corrected chi connectivity index (χ0v) is 10.6. The van der Waals surface area contributed by atoms with Crippen LogP contribution in [0.25, 0.3) is 0 Å². The molecule has 2 N–H and O–H groups in total. The van der Waals surface area contributed by atoms with E-state index in [1.165, 1.54) is 12.8 Å². The van der Waals surface area contributed by atoms with Crippen LogP contribution in [0.4, 0.5) is 0 Å². The number of amides is 1. The molecule has 0 aromatic carbocycles. The molecule has 3 unspecified atom stereocenters. The maximum atomic E-state index is 12.2. The average Bonchev–Trinajstić information content (AvgIpc) is 2.94. The van der Waals surface area contributed by atoms with E-state index >= 15 is 0 Å². The highest BCUT2D eigenvalue weighted by Gasteiger charge is 2.39. The molecule has 2 aliphatic rings. The molecule has 4 nitrogen and oxygen atoms in total. The van der Waals surface area contributed by atoms with E-state index in [9.17, 15) is 4.79 Å². The Morgan fingerprint density at radius 1 is 1.39 bits per heavy atom.